The molecule has 2 aliphatic rings. The van der Waals surface area contributed by atoms with Crippen molar-refractivity contribution in [3.05, 3.63) is 23.6 Å². The molecule has 1 atom stereocenters. The number of rotatable bonds is 4. The van der Waals surface area contributed by atoms with Crippen molar-refractivity contribution >= 4 is 0 Å². The van der Waals surface area contributed by atoms with Gasteiger partial charge in [0.2, 0.25) is 0 Å². The first-order valence-corrected chi connectivity index (χ1v) is 6.86. The monoisotopic (exact) mass is 251 g/mol. The Morgan fingerprint density at radius 2 is 2.33 bits per heavy atom. The highest BCUT2D eigenvalue weighted by atomic mass is 16.5. The highest BCUT2D eigenvalue weighted by Gasteiger charge is 2.24. The van der Waals surface area contributed by atoms with Crippen LogP contribution in [0.5, 0.6) is 0 Å². The fraction of sp³-hybridized carbons (Fsp3) is 0.714. The number of nitrogens with one attached hydrogen (secondary N) is 1. The molecule has 0 fully saturated rings. The second-order valence-electron chi connectivity index (χ2n) is 5.30. The number of ether oxygens (including phenoxy) is 1. The number of hydrogen-bond donors (Lipinski definition) is 1. The molecule has 0 aromatic carbocycles. The summed E-state index contributed by atoms with van der Waals surface area (Å²) in [6, 6.07) is 0. The van der Waals surface area contributed by atoms with E-state index in [2.05, 4.69) is 48.3 Å². The number of nitrogens with zero attached hydrogens (tertiary/aromatic N) is 2. The van der Waals surface area contributed by atoms with Crippen LogP contribution in [0.15, 0.2) is 23.6 Å². The number of hydrogen-bond acceptors (Lipinski definition) is 4. The van der Waals surface area contributed by atoms with E-state index in [4.69, 9.17) is 4.74 Å². The van der Waals surface area contributed by atoms with E-state index < -0.39 is 0 Å². The molecule has 4 heteroatoms. The van der Waals surface area contributed by atoms with Gasteiger partial charge in [0.25, 0.3) is 0 Å². The van der Waals surface area contributed by atoms with Gasteiger partial charge in [-0.25, -0.2) is 0 Å². The lowest BCUT2D eigenvalue weighted by molar-refractivity contribution is 0.0697. The van der Waals surface area contributed by atoms with Gasteiger partial charge >= 0.3 is 0 Å². The Hall–Kier alpha value is -1.00. The maximum Gasteiger partial charge on any atom is 0.191 e. The molecule has 0 bridgehead atoms. The molecule has 0 saturated heterocycles. The molecular weight excluding hydrogens is 226 g/mol. The van der Waals surface area contributed by atoms with Gasteiger partial charge in [0.1, 0.15) is 6.10 Å². The van der Waals surface area contributed by atoms with Gasteiger partial charge in [-0.1, -0.05) is 19.1 Å². The largest absolute Gasteiger partial charge is 0.474 e. The molecule has 0 radical (unpaired) electrons. The summed E-state index contributed by atoms with van der Waals surface area (Å²) in [6.07, 6.45) is 5.73. The second kappa shape index (κ2) is 6.25. The zero-order valence-electron chi connectivity index (χ0n) is 11.8. The van der Waals surface area contributed by atoms with Crippen molar-refractivity contribution < 1.29 is 4.74 Å². The highest BCUT2D eigenvalue weighted by molar-refractivity contribution is 5.28. The maximum absolute atomic E-state index is 6.15. The lowest BCUT2D eigenvalue weighted by Gasteiger charge is -2.24. The van der Waals surface area contributed by atoms with Crippen LogP contribution in [0.2, 0.25) is 0 Å². The molecule has 1 N–H and O–H groups in total. The Morgan fingerprint density at radius 1 is 1.50 bits per heavy atom. The molecule has 102 valence electrons. The molecule has 18 heavy (non-hydrogen) atoms. The minimum atomic E-state index is 0.291. The maximum atomic E-state index is 6.15. The molecule has 0 saturated carbocycles. The molecule has 0 amide bonds. The van der Waals surface area contributed by atoms with E-state index >= 15 is 0 Å². The normalized spacial score (nSPS) is 24.6. The summed E-state index contributed by atoms with van der Waals surface area (Å²) >= 11 is 0. The van der Waals surface area contributed by atoms with Gasteiger partial charge in [0, 0.05) is 31.8 Å². The highest BCUT2D eigenvalue weighted by Crippen LogP contribution is 2.19. The van der Waals surface area contributed by atoms with E-state index in [9.17, 15) is 0 Å². The molecule has 2 rings (SSSR count). The van der Waals surface area contributed by atoms with Crippen molar-refractivity contribution in [2.45, 2.75) is 19.4 Å². The van der Waals surface area contributed by atoms with Crippen LogP contribution in [0.4, 0.5) is 0 Å². The predicted octanol–water partition coefficient (Wildman–Crippen LogP) is 1.03. The summed E-state index contributed by atoms with van der Waals surface area (Å²) in [7, 11) is 4.22. The van der Waals surface area contributed by atoms with E-state index in [0.717, 1.165) is 45.0 Å². The van der Waals surface area contributed by atoms with Crippen molar-refractivity contribution in [1.82, 2.24) is 15.1 Å². The van der Waals surface area contributed by atoms with Gasteiger partial charge < -0.3 is 15.0 Å². The van der Waals surface area contributed by atoms with Crippen LogP contribution in [0.1, 0.15) is 13.3 Å². The van der Waals surface area contributed by atoms with Crippen molar-refractivity contribution in [2.75, 3.05) is 46.8 Å². The van der Waals surface area contributed by atoms with Crippen LogP contribution in [-0.2, 0) is 4.74 Å². The molecule has 1 unspecified atom stereocenters. The Labute approximate surface area is 110 Å². The van der Waals surface area contributed by atoms with Crippen LogP contribution in [0.3, 0.4) is 0 Å². The fourth-order valence-electron chi connectivity index (χ4n) is 2.37. The van der Waals surface area contributed by atoms with Crippen LogP contribution in [0.25, 0.3) is 0 Å². The van der Waals surface area contributed by atoms with E-state index in [0.29, 0.717) is 6.10 Å². The third-order valence-electron chi connectivity index (χ3n) is 3.48. The zero-order chi connectivity index (χ0) is 13.0. The minimum Gasteiger partial charge on any atom is -0.474 e. The molecular formula is C14H25N3O. The quantitative estimate of drug-likeness (QED) is 0.808. The molecule has 0 aliphatic carbocycles. The SMILES string of the molecule is CCN1CC2=C(NCC=C2)OC(CCN(C)C)C1. The Kier molecular flexibility index (Phi) is 4.66. The molecule has 2 heterocycles. The average Bonchev–Trinajstić information content (AvgIpc) is 2.54. The van der Waals surface area contributed by atoms with Crippen molar-refractivity contribution in [1.29, 1.82) is 0 Å². The van der Waals surface area contributed by atoms with Gasteiger partial charge in [-0.2, -0.15) is 0 Å². The third kappa shape index (κ3) is 3.50. The van der Waals surface area contributed by atoms with Crippen LogP contribution < -0.4 is 5.32 Å². The van der Waals surface area contributed by atoms with Crippen molar-refractivity contribution in [3.8, 4) is 0 Å². The summed E-state index contributed by atoms with van der Waals surface area (Å²) in [4.78, 5) is 4.67. The van der Waals surface area contributed by atoms with Crippen molar-refractivity contribution in [3.63, 3.8) is 0 Å². The first-order chi connectivity index (χ1) is 8.69. The topological polar surface area (TPSA) is 27.7 Å². The number of dihydropyridines is 1. The van der Waals surface area contributed by atoms with E-state index in [1.165, 1.54) is 5.57 Å². The summed E-state index contributed by atoms with van der Waals surface area (Å²) < 4.78 is 6.15. The zero-order valence-corrected chi connectivity index (χ0v) is 11.8. The molecule has 2 aliphatic heterocycles. The van der Waals surface area contributed by atoms with Gasteiger partial charge in [-0.05, 0) is 27.1 Å². The summed E-state index contributed by atoms with van der Waals surface area (Å²) in [5, 5.41) is 3.35. The van der Waals surface area contributed by atoms with Gasteiger partial charge in [0.15, 0.2) is 5.88 Å². The Balaban J connectivity index is 2.04. The minimum absolute atomic E-state index is 0.291. The summed E-state index contributed by atoms with van der Waals surface area (Å²) in [6.45, 7) is 7.26. The first kappa shape index (κ1) is 13.4. The predicted molar refractivity (Wildman–Crippen MR) is 74.3 cm³/mol. The summed E-state index contributed by atoms with van der Waals surface area (Å²) in [5.41, 5.74) is 1.29. The van der Waals surface area contributed by atoms with E-state index in [1.54, 1.807) is 0 Å². The molecule has 4 nitrogen and oxygen atoms in total. The summed E-state index contributed by atoms with van der Waals surface area (Å²) in [5.74, 6) is 0.997. The standard InChI is InChI=1S/C14H25N3O/c1-4-17-10-12-6-5-8-15-14(12)18-13(11-17)7-9-16(2)3/h5-6,13,15H,4,7-11H2,1-3H3. The molecule has 0 aromatic heterocycles. The Bertz CT molecular complexity index is 336. The average molecular weight is 251 g/mol. The van der Waals surface area contributed by atoms with E-state index in [1.807, 2.05) is 0 Å². The van der Waals surface area contributed by atoms with E-state index in [-0.39, 0.29) is 0 Å². The van der Waals surface area contributed by atoms with Gasteiger partial charge in [-0.15, -0.1) is 0 Å². The van der Waals surface area contributed by atoms with Crippen LogP contribution >= 0.6 is 0 Å². The smallest absolute Gasteiger partial charge is 0.191 e. The van der Waals surface area contributed by atoms with Crippen LogP contribution in [-0.4, -0.2) is 62.7 Å². The lowest BCUT2D eigenvalue weighted by atomic mass is 10.2. The van der Waals surface area contributed by atoms with Crippen molar-refractivity contribution in [2.24, 2.45) is 0 Å². The Morgan fingerprint density at radius 3 is 3.06 bits per heavy atom. The second-order valence-corrected chi connectivity index (χ2v) is 5.30. The third-order valence-corrected chi connectivity index (χ3v) is 3.48. The molecule has 0 spiro atoms. The first-order valence-electron chi connectivity index (χ1n) is 6.86. The van der Waals surface area contributed by atoms with Gasteiger partial charge in [-0.3, -0.25) is 4.90 Å². The number of likely N-dealkylation sites (N-methyl/N-ethyl adjacent to an activating group) is 1. The van der Waals surface area contributed by atoms with Gasteiger partial charge in [0.05, 0.1) is 0 Å². The molecule has 0 aromatic rings. The fourth-order valence-corrected chi connectivity index (χ4v) is 2.37. The lowest BCUT2D eigenvalue weighted by Crippen LogP contribution is -2.34. The van der Waals surface area contributed by atoms with Crippen LogP contribution in [0, 0.1) is 0 Å².